The van der Waals surface area contributed by atoms with Crippen LogP contribution in [-0.2, 0) is 6.42 Å². The highest BCUT2D eigenvalue weighted by atomic mass is 16.3. The highest BCUT2D eigenvalue weighted by molar-refractivity contribution is 5.86. The van der Waals surface area contributed by atoms with Gasteiger partial charge in [0.1, 0.15) is 5.82 Å². The first-order valence-electron chi connectivity index (χ1n) is 10.3. The normalized spacial score (nSPS) is 12.7. The SMILES string of the molecule is CCc1cc2c(nc1-c1ccc(C(C)C)nc1NC)c(C)cn2[C@@H](CC)CO. The Morgan fingerprint density at radius 2 is 1.93 bits per heavy atom. The van der Waals surface area contributed by atoms with Crippen molar-refractivity contribution in [2.75, 3.05) is 19.0 Å². The molecule has 1 atom stereocenters. The van der Waals surface area contributed by atoms with Gasteiger partial charge in [-0.15, -0.1) is 0 Å². The molecule has 5 heteroatoms. The molecule has 0 radical (unpaired) electrons. The Morgan fingerprint density at radius 1 is 1.18 bits per heavy atom. The topological polar surface area (TPSA) is 63.0 Å². The molecule has 5 nitrogen and oxygen atoms in total. The molecule has 150 valence electrons. The minimum atomic E-state index is 0.0772. The summed E-state index contributed by atoms with van der Waals surface area (Å²) in [4.78, 5) is 9.90. The number of aliphatic hydroxyl groups is 1. The van der Waals surface area contributed by atoms with Gasteiger partial charge in [-0.3, -0.25) is 0 Å². The summed E-state index contributed by atoms with van der Waals surface area (Å²) in [5.41, 5.74) is 7.50. The van der Waals surface area contributed by atoms with E-state index in [0.29, 0.717) is 5.92 Å². The van der Waals surface area contributed by atoms with Gasteiger partial charge in [-0.05, 0) is 55.0 Å². The third-order valence-corrected chi connectivity index (χ3v) is 5.52. The summed E-state index contributed by atoms with van der Waals surface area (Å²) in [6.07, 6.45) is 3.88. The van der Waals surface area contributed by atoms with Crippen LogP contribution in [0.15, 0.2) is 24.4 Å². The van der Waals surface area contributed by atoms with Crippen molar-refractivity contribution in [2.45, 2.75) is 59.4 Å². The van der Waals surface area contributed by atoms with E-state index in [1.807, 2.05) is 7.05 Å². The van der Waals surface area contributed by atoms with Crippen LogP contribution in [0.25, 0.3) is 22.3 Å². The summed E-state index contributed by atoms with van der Waals surface area (Å²) in [5, 5.41) is 13.0. The minimum absolute atomic E-state index is 0.0772. The third kappa shape index (κ3) is 3.51. The maximum absolute atomic E-state index is 9.79. The summed E-state index contributed by atoms with van der Waals surface area (Å²) in [6.45, 7) is 10.8. The van der Waals surface area contributed by atoms with E-state index in [4.69, 9.17) is 9.97 Å². The zero-order valence-electron chi connectivity index (χ0n) is 17.9. The van der Waals surface area contributed by atoms with Crippen molar-refractivity contribution < 1.29 is 5.11 Å². The van der Waals surface area contributed by atoms with Gasteiger partial charge in [0.15, 0.2) is 0 Å². The van der Waals surface area contributed by atoms with Gasteiger partial charge in [0.2, 0.25) is 0 Å². The molecule has 0 aliphatic heterocycles. The van der Waals surface area contributed by atoms with Gasteiger partial charge >= 0.3 is 0 Å². The number of aryl methyl sites for hydroxylation is 2. The fraction of sp³-hybridized carbons (Fsp3) is 0.478. The van der Waals surface area contributed by atoms with Crippen LogP contribution in [0.5, 0.6) is 0 Å². The van der Waals surface area contributed by atoms with Gasteiger partial charge in [0, 0.05) is 24.5 Å². The van der Waals surface area contributed by atoms with Gasteiger partial charge < -0.3 is 15.0 Å². The summed E-state index contributed by atoms with van der Waals surface area (Å²) in [6, 6.07) is 6.55. The van der Waals surface area contributed by atoms with E-state index < -0.39 is 0 Å². The lowest BCUT2D eigenvalue weighted by Crippen LogP contribution is -2.11. The van der Waals surface area contributed by atoms with Crippen LogP contribution in [0.4, 0.5) is 5.82 Å². The van der Waals surface area contributed by atoms with Crippen molar-refractivity contribution in [1.82, 2.24) is 14.5 Å². The Morgan fingerprint density at radius 3 is 2.50 bits per heavy atom. The van der Waals surface area contributed by atoms with E-state index >= 15 is 0 Å². The van der Waals surface area contributed by atoms with E-state index in [9.17, 15) is 5.11 Å². The van der Waals surface area contributed by atoms with E-state index in [1.165, 1.54) is 5.56 Å². The summed E-state index contributed by atoms with van der Waals surface area (Å²) >= 11 is 0. The first-order chi connectivity index (χ1) is 13.4. The highest BCUT2D eigenvalue weighted by Gasteiger charge is 2.19. The zero-order chi connectivity index (χ0) is 20.4. The van der Waals surface area contributed by atoms with Gasteiger partial charge in [-0.25, -0.2) is 9.97 Å². The Kier molecular flexibility index (Phi) is 6.04. The number of hydrogen-bond acceptors (Lipinski definition) is 4. The molecule has 3 aromatic heterocycles. The Bertz CT molecular complexity index is 970. The van der Waals surface area contributed by atoms with Crippen molar-refractivity contribution in [1.29, 1.82) is 0 Å². The fourth-order valence-electron chi connectivity index (χ4n) is 3.76. The van der Waals surface area contributed by atoms with Crippen LogP contribution in [0.3, 0.4) is 0 Å². The second-order valence-corrected chi connectivity index (χ2v) is 7.72. The quantitative estimate of drug-likeness (QED) is 0.600. The predicted octanol–water partition coefficient (Wildman–Crippen LogP) is 5.08. The van der Waals surface area contributed by atoms with Crippen LogP contribution < -0.4 is 5.32 Å². The molecule has 0 fully saturated rings. The number of aromatic nitrogens is 3. The second kappa shape index (κ2) is 8.31. The van der Waals surface area contributed by atoms with Crippen molar-refractivity contribution in [3.8, 4) is 11.3 Å². The molecular weight excluding hydrogens is 348 g/mol. The molecule has 0 unspecified atom stereocenters. The summed E-state index contributed by atoms with van der Waals surface area (Å²) in [5.74, 6) is 1.24. The van der Waals surface area contributed by atoms with Gasteiger partial charge in [0.05, 0.1) is 29.4 Å². The number of fused-ring (bicyclic) bond motifs is 1. The summed E-state index contributed by atoms with van der Waals surface area (Å²) in [7, 11) is 1.91. The van der Waals surface area contributed by atoms with Crippen LogP contribution in [0, 0.1) is 6.92 Å². The molecule has 3 heterocycles. The van der Waals surface area contributed by atoms with Crippen molar-refractivity contribution in [3.05, 3.63) is 41.2 Å². The zero-order valence-corrected chi connectivity index (χ0v) is 17.9. The molecule has 0 aromatic carbocycles. The molecule has 0 aliphatic carbocycles. The van der Waals surface area contributed by atoms with E-state index in [2.05, 4.69) is 68.9 Å². The fourth-order valence-corrected chi connectivity index (χ4v) is 3.76. The average Bonchev–Trinajstić information content (AvgIpc) is 3.03. The molecule has 2 N–H and O–H groups in total. The highest BCUT2D eigenvalue weighted by Crippen LogP contribution is 2.34. The molecule has 0 saturated heterocycles. The van der Waals surface area contributed by atoms with Crippen LogP contribution in [-0.4, -0.2) is 33.3 Å². The standard InChI is InChI=1S/C23H32N4O/c1-7-16-11-20-21(15(5)12-27(20)17(8-2)13-28)26-22(16)18-9-10-19(14(3)4)25-23(18)24-6/h9-12,14,17,28H,7-8,13H2,1-6H3,(H,24,25)/t17-/m0/s1. The smallest absolute Gasteiger partial charge is 0.135 e. The lowest BCUT2D eigenvalue weighted by atomic mass is 10.0. The largest absolute Gasteiger partial charge is 0.394 e. The molecular formula is C23H32N4O. The molecule has 0 saturated carbocycles. The molecule has 0 aliphatic rings. The number of aliphatic hydroxyl groups excluding tert-OH is 1. The van der Waals surface area contributed by atoms with E-state index in [1.54, 1.807) is 0 Å². The number of pyridine rings is 2. The first kappa shape index (κ1) is 20.3. The van der Waals surface area contributed by atoms with E-state index in [0.717, 1.165) is 52.2 Å². The van der Waals surface area contributed by atoms with Gasteiger partial charge in [-0.2, -0.15) is 0 Å². The molecule has 28 heavy (non-hydrogen) atoms. The predicted molar refractivity (Wildman–Crippen MR) is 117 cm³/mol. The van der Waals surface area contributed by atoms with E-state index in [-0.39, 0.29) is 12.6 Å². The Balaban J connectivity index is 2.24. The van der Waals surface area contributed by atoms with Crippen molar-refractivity contribution in [2.24, 2.45) is 0 Å². The lowest BCUT2D eigenvalue weighted by molar-refractivity contribution is 0.227. The number of hydrogen-bond donors (Lipinski definition) is 2. The van der Waals surface area contributed by atoms with Crippen LogP contribution >= 0.6 is 0 Å². The monoisotopic (exact) mass is 380 g/mol. The van der Waals surface area contributed by atoms with Crippen LogP contribution in [0.2, 0.25) is 0 Å². The summed E-state index contributed by atoms with van der Waals surface area (Å²) < 4.78 is 2.18. The lowest BCUT2D eigenvalue weighted by Gasteiger charge is -2.17. The number of nitrogens with zero attached hydrogens (tertiary/aromatic N) is 3. The molecule has 0 bridgehead atoms. The number of anilines is 1. The van der Waals surface area contributed by atoms with Crippen molar-refractivity contribution in [3.63, 3.8) is 0 Å². The minimum Gasteiger partial charge on any atom is -0.394 e. The molecule has 0 amide bonds. The van der Waals surface area contributed by atoms with Gasteiger partial charge in [-0.1, -0.05) is 27.7 Å². The number of rotatable bonds is 7. The Labute approximate surface area is 167 Å². The first-order valence-corrected chi connectivity index (χ1v) is 10.3. The molecule has 0 spiro atoms. The maximum atomic E-state index is 9.79. The number of nitrogens with one attached hydrogen (secondary N) is 1. The van der Waals surface area contributed by atoms with Crippen LogP contribution in [0.1, 0.15) is 62.9 Å². The Hall–Kier alpha value is -2.40. The third-order valence-electron chi connectivity index (χ3n) is 5.52. The molecule has 3 aromatic rings. The van der Waals surface area contributed by atoms with Crippen molar-refractivity contribution >= 4 is 16.9 Å². The second-order valence-electron chi connectivity index (χ2n) is 7.72. The van der Waals surface area contributed by atoms with Gasteiger partial charge in [0.25, 0.3) is 0 Å². The molecule has 3 rings (SSSR count). The average molecular weight is 381 g/mol. The maximum Gasteiger partial charge on any atom is 0.135 e.